The number of anilines is 1. The summed E-state index contributed by atoms with van der Waals surface area (Å²) in [4.78, 5) is 10.4. The molecule has 0 aliphatic carbocycles. The average Bonchev–Trinajstić information content (AvgIpc) is 2.26. The van der Waals surface area contributed by atoms with E-state index in [1.807, 2.05) is 0 Å². The van der Waals surface area contributed by atoms with Crippen molar-refractivity contribution >= 4 is 31.9 Å². The van der Waals surface area contributed by atoms with Gasteiger partial charge in [0, 0.05) is 5.69 Å². The van der Waals surface area contributed by atoms with Gasteiger partial charge in [-0.25, -0.2) is 17.4 Å². The number of carboxylic acids is 1. The van der Waals surface area contributed by atoms with Crippen molar-refractivity contribution in [2.24, 2.45) is 0 Å². The Morgan fingerprint density at radius 3 is 2.30 bits per heavy atom. The Hall–Kier alpha value is -1.69. The minimum atomic E-state index is -4.72. The third-order valence-corrected chi connectivity index (χ3v) is 4.34. The van der Waals surface area contributed by atoms with E-state index in [2.05, 4.69) is 4.18 Å². The molecule has 0 aliphatic heterocycles. The molecule has 0 aromatic heterocycles. The predicted molar refractivity (Wildman–Crippen MR) is 67.4 cm³/mol. The summed E-state index contributed by atoms with van der Waals surface area (Å²) in [7, 11) is -8.64. The van der Waals surface area contributed by atoms with Crippen LogP contribution in [0, 0.1) is 0 Å². The van der Waals surface area contributed by atoms with Gasteiger partial charge < -0.3 is 10.8 Å². The first-order valence-electron chi connectivity index (χ1n) is 5.00. The van der Waals surface area contributed by atoms with Crippen LogP contribution in [0.4, 0.5) is 5.69 Å². The molecule has 0 amide bonds. The quantitative estimate of drug-likeness (QED) is 0.465. The number of nitrogens with two attached hydrogens (primary N) is 1. The molecule has 0 fully saturated rings. The minimum absolute atomic E-state index is 0.241. The Bertz CT molecular complexity index is 722. The lowest BCUT2D eigenvalue weighted by Crippen LogP contribution is -2.16. The number of carboxylic acid groups (broad SMARTS) is 1. The number of hydrogen-bond donors (Lipinski definition) is 3. The molecule has 20 heavy (non-hydrogen) atoms. The molecule has 0 saturated carbocycles. The van der Waals surface area contributed by atoms with Gasteiger partial charge in [0.05, 0.1) is 22.8 Å². The highest BCUT2D eigenvalue weighted by molar-refractivity contribution is 7.91. The molecule has 0 unspecified atom stereocenters. The van der Waals surface area contributed by atoms with E-state index in [1.54, 1.807) is 0 Å². The summed E-state index contributed by atoms with van der Waals surface area (Å²) in [6.07, 6.45) is 0. The van der Waals surface area contributed by atoms with Crippen molar-refractivity contribution in [2.75, 3.05) is 18.1 Å². The predicted octanol–water partition coefficient (Wildman–Crippen LogP) is -0.440. The summed E-state index contributed by atoms with van der Waals surface area (Å²) >= 11 is 0. The first-order chi connectivity index (χ1) is 9.03. The second kappa shape index (κ2) is 5.75. The number of benzene rings is 1. The number of aromatic carboxylic acids is 1. The Balaban J connectivity index is 2.94. The van der Waals surface area contributed by atoms with E-state index >= 15 is 0 Å². The van der Waals surface area contributed by atoms with Crippen molar-refractivity contribution in [3.05, 3.63) is 23.8 Å². The molecule has 112 valence electrons. The maximum atomic E-state index is 11.8. The molecule has 1 rings (SSSR count). The Morgan fingerprint density at radius 1 is 1.25 bits per heavy atom. The molecule has 0 radical (unpaired) electrons. The average molecular weight is 325 g/mol. The first-order valence-corrected chi connectivity index (χ1v) is 8.02. The van der Waals surface area contributed by atoms with Crippen molar-refractivity contribution in [3.63, 3.8) is 0 Å². The fourth-order valence-electron chi connectivity index (χ4n) is 1.30. The molecule has 1 aromatic rings. The third-order valence-electron chi connectivity index (χ3n) is 2.20. The lowest BCUT2D eigenvalue weighted by atomic mass is 10.2. The Labute approximate surface area is 114 Å². The highest BCUT2D eigenvalue weighted by Crippen LogP contribution is 2.19. The topological polar surface area (TPSA) is 161 Å². The van der Waals surface area contributed by atoms with Gasteiger partial charge in [-0.15, -0.1) is 0 Å². The molecule has 0 atom stereocenters. The zero-order chi connectivity index (χ0) is 15.6. The van der Waals surface area contributed by atoms with Gasteiger partial charge in [-0.1, -0.05) is 0 Å². The largest absolute Gasteiger partial charge is 0.478 e. The summed E-state index contributed by atoms with van der Waals surface area (Å²) in [5.74, 6) is -2.03. The summed E-state index contributed by atoms with van der Waals surface area (Å²) in [6, 6.07) is 3.00. The SMILES string of the molecule is Nc1cc(S(=O)(=O)CCOS(=O)(=O)O)ccc1C(=O)O. The van der Waals surface area contributed by atoms with Gasteiger partial charge in [-0.2, -0.15) is 8.42 Å². The summed E-state index contributed by atoms with van der Waals surface area (Å²) in [5, 5.41) is 8.75. The Morgan fingerprint density at radius 2 is 1.85 bits per heavy atom. The van der Waals surface area contributed by atoms with E-state index in [0.717, 1.165) is 18.2 Å². The Kier molecular flexibility index (Phi) is 4.70. The van der Waals surface area contributed by atoms with Crippen LogP contribution in [0.25, 0.3) is 0 Å². The second-order valence-corrected chi connectivity index (χ2v) is 6.82. The van der Waals surface area contributed by atoms with Gasteiger partial charge in [0.15, 0.2) is 9.84 Å². The zero-order valence-corrected chi connectivity index (χ0v) is 11.5. The molecule has 0 aliphatic rings. The van der Waals surface area contributed by atoms with Crippen molar-refractivity contribution in [1.29, 1.82) is 0 Å². The van der Waals surface area contributed by atoms with Crippen molar-refractivity contribution in [1.82, 2.24) is 0 Å². The van der Waals surface area contributed by atoms with E-state index in [9.17, 15) is 21.6 Å². The number of carbonyl (C=O) groups is 1. The van der Waals surface area contributed by atoms with E-state index in [1.165, 1.54) is 0 Å². The molecule has 0 heterocycles. The fourth-order valence-corrected chi connectivity index (χ4v) is 2.82. The maximum Gasteiger partial charge on any atom is 0.397 e. The van der Waals surface area contributed by atoms with E-state index in [-0.39, 0.29) is 16.1 Å². The van der Waals surface area contributed by atoms with Gasteiger partial charge in [0.25, 0.3) is 0 Å². The number of rotatable bonds is 6. The van der Waals surface area contributed by atoms with Crippen LogP contribution in [-0.4, -0.2) is 44.8 Å². The first kappa shape index (κ1) is 16.4. The van der Waals surface area contributed by atoms with Crippen LogP contribution in [0.15, 0.2) is 23.1 Å². The highest BCUT2D eigenvalue weighted by Gasteiger charge is 2.18. The summed E-state index contributed by atoms with van der Waals surface area (Å²) in [5.41, 5.74) is 4.91. The molecule has 4 N–H and O–H groups in total. The van der Waals surface area contributed by atoms with Gasteiger partial charge in [0.1, 0.15) is 0 Å². The molecular weight excluding hydrogens is 314 g/mol. The number of hydrogen-bond acceptors (Lipinski definition) is 7. The summed E-state index contributed by atoms with van der Waals surface area (Å²) in [6.45, 7) is -0.776. The summed E-state index contributed by atoms with van der Waals surface area (Å²) < 4.78 is 56.3. The lowest BCUT2D eigenvalue weighted by molar-refractivity contribution is 0.0698. The van der Waals surface area contributed by atoms with Crippen molar-refractivity contribution in [2.45, 2.75) is 4.90 Å². The second-order valence-electron chi connectivity index (χ2n) is 3.62. The smallest absolute Gasteiger partial charge is 0.397 e. The van der Waals surface area contributed by atoms with Gasteiger partial charge >= 0.3 is 16.4 Å². The molecule has 0 spiro atoms. The third kappa shape index (κ3) is 4.45. The fraction of sp³-hybridized carbons (Fsp3) is 0.222. The molecule has 1 aromatic carbocycles. The van der Waals surface area contributed by atoms with E-state index in [0.29, 0.717) is 0 Å². The van der Waals surface area contributed by atoms with E-state index in [4.69, 9.17) is 15.4 Å². The molecule has 11 heteroatoms. The van der Waals surface area contributed by atoms with E-state index < -0.39 is 38.6 Å². The number of nitrogen functional groups attached to an aromatic ring is 1. The van der Waals surface area contributed by atoms with Crippen LogP contribution in [0.1, 0.15) is 10.4 Å². The van der Waals surface area contributed by atoms with Gasteiger partial charge in [-0.3, -0.25) is 4.55 Å². The van der Waals surface area contributed by atoms with Crippen LogP contribution in [0.5, 0.6) is 0 Å². The molecule has 9 nitrogen and oxygen atoms in total. The van der Waals surface area contributed by atoms with Crippen LogP contribution < -0.4 is 5.73 Å². The van der Waals surface area contributed by atoms with Crippen molar-refractivity contribution in [3.8, 4) is 0 Å². The minimum Gasteiger partial charge on any atom is -0.478 e. The monoisotopic (exact) mass is 325 g/mol. The zero-order valence-electron chi connectivity index (χ0n) is 9.88. The van der Waals surface area contributed by atoms with Crippen LogP contribution in [-0.2, 0) is 24.4 Å². The highest BCUT2D eigenvalue weighted by atomic mass is 32.3. The standard InChI is InChI=1S/C9H11NO8S2/c10-8-5-6(1-2-7(8)9(11)12)19(13,14)4-3-18-20(15,16)17/h1-2,5H,3-4,10H2,(H,11,12)(H,15,16,17). The van der Waals surface area contributed by atoms with Gasteiger partial charge in [-0.05, 0) is 18.2 Å². The molecule has 0 bridgehead atoms. The molecular formula is C9H11NO8S2. The normalized spacial score (nSPS) is 12.2. The number of sulfone groups is 1. The van der Waals surface area contributed by atoms with Crippen molar-refractivity contribution < 1.29 is 35.5 Å². The maximum absolute atomic E-state index is 11.8. The lowest BCUT2D eigenvalue weighted by Gasteiger charge is -2.06. The van der Waals surface area contributed by atoms with Gasteiger partial charge in [0.2, 0.25) is 0 Å². The molecule has 0 saturated heterocycles. The van der Waals surface area contributed by atoms with Crippen LogP contribution >= 0.6 is 0 Å². The van der Waals surface area contributed by atoms with Crippen LogP contribution in [0.3, 0.4) is 0 Å². The van der Waals surface area contributed by atoms with Crippen LogP contribution in [0.2, 0.25) is 0 Å².